The standard InChI is InChI=1S/C32H33FN6O3S/c1-22-17-23(2)36-32(35-22)43-21-29(40)39(20-24-5-4-12-34-19-24)30(25-6-3-7-26(33)18-25)31(41)37-27-8-10-28(11-9-27)38-13-15-42-16-14-38/h3-12,17-19,30H,13-16,20-21H2,1-2H3,(H,37,41). The molecule has 1 N–H and O–H groups in total. The maximum atomic E-state index is 14.5. The molecule has 11 heteroatoms. The van der Waals surface area contributed by atoms with E-state index in [9.17, 15) is 14.0 Å². The van der Waals surface area contributed by atoms with E-state index >= 15 is 0 Å². The number of nitrogens with zero attached hydrogens (tertiary/aromatic N) is 5. The first-order valence-corrected chi connectivity index (χ1v) is 15.0. The number of carbonyl (C=O) groups excluding carboxylic acids is 2. The molecule has 3 heterocycles. The highest BCUT2D eigenvalue weighted by Gasteiger charge is 2.32. The fourth-order valence-electron chi connectivity index (χ4n) is 4.92. The highest BCUT2D eigenvalue weighted by atomic mass is 32.2. The molecule has 0 saturated carbocycles. The first-order chi connectivity index (χ1) is 20.9. The van der Waals surface area contributed by atoms with Crippen molar-refractivity contribution in [2.24, 2.45) is 0 Å². The van der Waals surface area contributed by atoms with Crippen molar-refractivity contribution in [3.8, 4) is 0 Å². The first-order valence-electron chi connectivity index (χ1n) is 14.0. The Labute approximate surface area is 254 Å². The van der Waals surface area contributed by atoms with Crippen LogP contribution in [0.4, 0.5) is 15.8 Å². The van der Waals surface area contributed by atoms with Crippen molar-refractivity contribution >= 4 is 35.0 Å². The Morgan fingerprint density at radius 2 is 1.77 bits per heavy atom. The molecule has 1 aliphatic rings. The summed E-state index contributed by atoms with van der Waals surface area (Å²) in [6, 6.07) is 17.7. The minimum atomic E-state index is -1.12. The molecular weight excluding hydrogens is 567 g/mol. The Balaban J connectivity index is 1.43. The van der Waals surface area contributed by atoms with Crippen molar-refractivity contribution in [1.82, 2.24) is 19.9 Å². The summed E-state index contributed by atoms with van der Waals surface area (Å²) in [4.78, 5) is 44.6. The minimum absolute atomic E-state index is 0.0174. The quantitative estimate of drug-likeness (QED) is 0.201. The summed E-state index contributed by atoms with van der Waals surface area (Å²) in [6.45, 7) is 6.75. The van der Waals surface area contributed by atoms with Gasteiger partial charge in [-0.1, -0.05) is 30.0 Å². The minimum Gasteiger partial charge on any atom is -0.378 e. The van der Waals surface area contributed by atoms with Crippen LogP contribution in [0.5, 0.6) is 0 Å². The number of ether oxygens (including phenoxy) is 1. The summed E-state index contributed by atoms with van der Waals surface area (Å²) in [7, 11) is 0. The van der Waals surface area contributed by atoms with Crippen LogP contribution in [0.2, 0.25) is 0 Å². The van der Waals surface area contributed by atoms with E-state index in [1.807, 2.05) is 50.2 Å². The number of pyridine rings is 1. The molecule has 222 valence electrons. The SMILES string of the molecule is Cc1cc(C)nc(SCC(=O)N(Cc2cccnc2)C(C(=O)Nc2ccc(N3CCOCC3)cc2)c2cccc(F)c2)n1. The number of aryl methyl sites for hydroxylation is 2. The predicted octanol–water partition coefficient (Wildman–Crippen LogP) is 4.97. The molecule has 1 fully saturated rings. The van der Waals surface area contributed by atoms with E-state index in [2.05, 4.69) is 25.2 Å². The van der Waals surface area contributed by atoms with Crippen molar-refractivity contribution in [1.29, 1.82) is 0 Å². The van der Waals surface area contributed by atoms with Crippen LogP contribution in [0.25, 0.3) is 0 Å². The predicted molar refractivity (Wildman–Crippen MR) is 164 cm³/mol. The topological polar surface area (TPSA) is 101 Å². The van der Waals surface area contributed by atoms with Crippen molar-refractivity contribution < 1.29 is 18.7 Å². The van der Waals surface area contributed by atoms with Gasteiger partial charge in [0.2, 0.25) is 5.91 Å². The number of rotatable bonds is 10. The summed E-state index contributed by atoms with van der Waals surface area (Å²) >= 11 is 1.19. The average molecular weight is 601 g/mol. The fourth-order valence-corrected chi connectivity index (χ4v) is 5.75. The van der Waals surface area contributed by atoms with Gasteiger partial charge >= 0.3 is 0 Å². The fraction of sp³-hybridized carbons (Fsp3) is 0.281. The third kappa shape index (κ3) is 8.14. The lowest BCUT2D eigenvalue weighted by atomic mass is 10.0. The Morgan fingerprint density at radius 3 is 2.44 bits per heavy atom. The number of carbonyl (C=O) groups is 2. The molecule has 2 amide bonds. The van der Waals surface area contributed by atoms with Gasteiger partial charge in [0.1, 0.15) is 11.9 Å². The molecule has 5 rings (SSSR count). The number of hydrogen-bond acceptors (Lipinski definition) is 8. The van der Waals surface area contributed by atoms with Gasteiger partial charge in [-0.15, -0.1) is 0 Å². The Kier molecular flexibility index (Phi) is 9.96. The van der Waals surface area contributed by atoms with Gasteiger partial charge < -0.3 is 19.9 Å². The van der Waals surface area contributed by atoms with Crippen molar-refractivity contribution in [3.05, 3.63) is 107 Å². The summed E-state index contributed by atoms with van der Waals surface area (Å²) in [5.41, 5.74) is 4.27. The number of thioether (sulfide) groups is 1. The molecule has 0 bridgehead atoms. The van der Waals surface area contributed by atoms with E-state index in [1.165, 1.54) is 34.9 Å². The van der Waals surface area contributed by atoms with Crippen LogP contribution >= 0.6 is 11.8 Å². The normalized spacial score (nSPS) is 13.8. The molecule has 1 atom stereocenters. The van der Waals surface area contributed by atoms with Crippen LogP contribution in [0.3, 0.4) is 0 Å². The zero-order chi connectivity index (χ0) is 30.2. The second-order valence-electron chi connectivity index (χ2n) is 10.2. The maximum Gasteiger partial charge on any atom is 0.251 e. The number of benzene rings is 2. The molecule has 1 unspecified atom stereocenters. The third-order valence-electron chi connectivity index (χ3n) is 6.92. The van der Waals surface area contributed by atoms with E-state index in [0.717, 1.165) is 35.7 Å². The number of anilines is 2. The number of morpholine rings is 1. The lowest BCUT2D eigenvalue weighted by Gasteiger charge is -2.32. The Hall–Kier alpha value is -4.35. The molecule has 0 spiro atoms. The summed E-state index contributed by atoms with van der Waals surface area (Å²) in [5, 5.41) is 3.43. The van der Waals surface area contributed by atoms with Gasteiger partial charge in [-0.05, 0) is 73.5 Å². The number of hydrogen-bond donors (Lipinski definition) is 1. The van der Waals surface area contributed by atoms with Crippen LogP contribution in [0.1, 0.15) is 28.6 Å². The van der Waals surface area contributed by atoms with Crippen molar-refractivity contribution in [2.45, 2.75) is 31.6 Å². The van der Waals surface area contributed by atoms with Crippen molar-refractivity contribution in [2.75, 3.05) is 42.3 Å². The molecule has 2 aromatic carbocycles. The highest BCUT2D eigenvalue weighted by Crippen LogP contribution is 2.28. The Morgan fingerprint density at radius 1 is 1.02 bits per heavy atom. The molecule has 1 aliphatic heterocycles. The summed E-state index contributed by atoms with van der Waals surface area (Å²) < 4.78 is 19.9. The van der Waals surface area contributed by atoms with Crippen LogP contribution in [0, 0.1) is 19.7 Å². The highest BCUT2D eigenvalue weighted by molar-refractivity contribution is 7.99. The van der Waals surface area contributed by atoms with Gasteiger partial charge in [0.05, 0.1) is 19.0 Å². The van der Waals surface area contributed by atoms with E-state index in [1.54, 1.807) is 24.5 Å². The second kappa shape index (κ2) is 14.2. The molecular formula is C32H33FN6O3S. The smallest absolute Gasteiger partial charge is 0.251 e. The number of amides is 2. The summed E-state index contributed by atoms with van der Waals surface area (Å²) in [5.74, 6) is -1.31. The lowest BCUT2D eigenvalue weighted by molar-refractivity contribution is -0.137. The monoisotopic (exact) mass is 600 g/mol. The number of nitrogens with one attached hydrogen (secondary N) is 1. The van der Waals surface area contributed by atoms with Crippen LogP contribution < -0.4 is 10.2 Å². The molecule has 0 aliphatic carbocycles. The van der Waals surface area contributed by atoms with Gasteiger partial charge in [0.15, 0.2) is 5.16 Å². The van der Waals surface area contributed by atoms with Gasteiger partial charge in [-0.3, -0.25) is 14.6 Å². The number of aromatic nitrogens is 3. The Bertz CT molecular complexity index is 1530. The van der Waals surface area contributed by atoms with Gasteiger partial charge in [-0.2, -0.15) is 0 Å². The molecule has 9 nitrogen and oxygen atoms in total. The first kappa shape index (κ1) is 30.1. The van der Waals surface area contributed by atoms with Gasteiger partial charge in [0, 0.05) is 54.8 Å². The van der Waals surface area contributed by atoms with Crippen LogP contribution in [0.15, 0.2) is 84.3 Å². The summed E-state index contributed by atoms with van der Waals surface area (Å²) in [6.07, 6.45) is 3.28. The average Bonchev–Trinajstić information content (AvgIpc) is 3.00. The second-order valence-corrected chi connectivity index (χ2v) is 11.1. The zero-order valence-corrected chi connectivity index (χ0v) is 24.9. The molecule has 0 radical (unpaired) electrons. The van der Waals surface area contributed by atoms with Crippen LogP contribution in [-0.2, 0) is 20.9 Å². The third-order valence-corrected chi connectivity index (χ3v) is 7.75. The van der Waals surface area contributed by atoms with Gasteiger partial charge in [0.25, 0.3) is 5.91 Å². The number of halogens is 1. The van der Waals surface area contributed by atoms with E-state index < -0.39 is 17.8 Å². The maximum absolute atomic E-state index is 14.5. The van der Waals surface area contributed by atoms with Crippen LogP contribution in [-0.4, -0.2) is 63.7 Å². The van der Waals surface area contributed by atoms with E-state index in [-0.39, 0.29) is 18.2 Å². The van der Waals surface area contributed by atoms with Gasteiger partial charge in [-0.25, -0.2) is 14.4 Å². The van der Waals surface area contributed by atoms with Crippen molar-refractivity contribution in [3.63, 3.8) is 0 Å². The molecule has 2 aromatic heterocycles. The van der Waals surface area contributed by atoms with E-state index in [0.29, 0.717) is 29.6 Å². The molecule has 4 aromatic rings. The van der Waals surface area contributed by atoms with E-state index in [4.69, 9.17) is 4.74 Å². The molecule has 43 heavy (non-hydrogen) atoms. The largest absolute Gasteiger partial charge is 0.378 e. The molecule has 1 saturated heterocycles. The zero-order valence-electron chi connectivity index (χ0n) is 24.1. The lowest BCUT2D eigenvalue weighted by Crippen LogP contribution is -2.42.